The summed E-state index contributed by atoms with van der Waals surface area (Å²) in [6.45, 7) is 11.3. The van der Waals surface area contributed by atoms with Gasteiger partial charge in [0.1, 0.15) is 5.75 Å². The van der Waals surface area contributed by atoms with Crippen molar-refractivity contribution in [2.24, 2.45) is 11.3 Å². The van der Waals surface area contributed by atoms with Gasteiger partial charge in [-0.3, -0.25) is 9.69 Å². The number of hydrogen-bond acceptors (Lipinski definition) is 3. The third kappa shape index (κ3) is 4.22. The molecule has 0 aliphatic carbocycles. The minimum Gasteiger partial charge on any atom is -0.496 e. The van der Waals surface area contributed by atoms with Gasteiger partial charge in [-0.1, -0.05) is 26.0 Å². The Balaban J connectivity index is 1.53. The van der Waals surface area contributed by atoms with Crippen molar-refractivity contribution in [1.82, 2.24) is 9.80 Å². The van der Waals surface area contributed by atoms with Gasteiger partial charge >= 0.3 is 0 Å². The summed E-state index contributed by atoms with van der Waals surface area (Å²) in [4.78, 5) is 16.9. The van der Waals surface area contributed by atoms with Gasteiger partial charge in [0.05, 0.1) is 7.11 Å². The van der Waals surface area contributed by atoms with Crippen molar-refractivity contribution in [2.75, 3.05) is 33.3 Å². The van der Waals surface area contributed by atoms with Crippen molar-refractivity contribution in [3.63, 3.8) is 0 Å². The maximum atomic E-state index is 12.2. The van der Waals surface area contributed by atoms with Crippen LogP contribution in [0.4, 0.5) is 0 Å². The quantitative estimate of drug-likeness (QED) is 0.819. The van der Waals surface area contributed by atoms with Crippen LogP contribution < -0.4 is 4.74 Å². The van der Waals surface area contributed by atoms with Crippen LogP contribution in [0.2, 0.25) is 0 Å². The highest BCUT2D eigenvalue weighted by Crippen LogP contribution is 2.42. The number of amides is 1. The van der Waals surface area contributed by atoms with Gasteiger partial charge in [-0.25, -0.2) is 0 Å². The number of nitrogens with zero attached hydrogens (tertiary/aromatic N) is 2. The Hall–Kier alpha value is -1.55. The molecule has 1 spiro atoms. The lowest BCUT2D eigenvalue weighted by Crippen LogP contribution is -2.48. The molecule has 2 aliphatic heterocycles. The first-order chi connectivity index (χ1) is 12.4. The van der Waals surface area contributed by atoms with Crippen molar-refractivity contribution in [3.05, 3.63) is 29.3 Å². The van der Waals surface area contributed by atoms with Gasteiger partial charge in [0.15, 0.2) is 0 Å². The third-order valence-electron chi connectivity index (χ3n) is 6.38. The Morgan fingerprint density at radius 2 is 1.73 bits per heavy atom. The summed E-state index contributed by atoms with van der Waals surface area (Å²) in [7, 11) is 1.76. The fourth-order valence-corrected chi connectivity index (χ4v) is 4.48. The van der Waals surface area contributed by atoms with Crippen molar-refractivity contribution >= 4 is 5.91 Å². The molecule has 1 aromatic rings. The Morgan fingerprint density at radius 1 is 1.12 bits per heavy atom. The van der Waals surface area contributed by atoms with Crippen molar-refractivity contribution < 1.29 is 9.53 Å². The maximum Gasteiger partial charge on any atom is 0.225 e. The zero-order chi connectivity index (χ0) is 18.7. The van der Waals surface area contributed by atoms with Crippen LogP contribution in [0.1, 0.15) is 50.7 Å². The SMILES string of the molecule is COc1cc(C)ccc1CN1CCC2(CC1)CCN(C(=O)C(C)C)CC2. The number of ether oxygens (including phenoxy) is 1. The lowest BCUT2D eigenvalue weighted by Gasteiger charge is -2.47. The molecule has 0 unspecified atom stereocenters. The Morgan fingerprint density at radius 3 is 2.31 bits per heavy atom. The zero-order valence-corrected chi connectivity index (χ0v) is 16.9. The molecule has 144 valence electrons. The molecule has 0 bridgehead atoms. The van der Waals surface area contributed by atoms with Gasteiger partial charge in [0.2, 0.25) is 5.91 Å². The molecule has 2 heterocycles. The predicted molar refractivity (Wildman–Crippen MR) is 105 cm³/mol. The van der Waals surface area contributed by atoms with E-state index < -0.39 is 0 Å². The molecule has 26 heavy (non-hydrogen) atoms. The van der Waals surface area contributed by atoms with Crippen molar-refractivity contribution in [3.8, 4) is 5.75 Å². The summed E-state index contributed by atoms with van der Waals surface area (Å²) in [6.07, 6.45) is 4.86. The minimum absolute atomic E-state index is 0.121. The van der Waals surface area contributed by atoms with Gasteiger partial charge in [0, 0.05) is 31.1 Å². The molecule has 2 fully saturated rings. The van der Waals surface area contributed by atoms with Gasteiger partial charge in [-0.15, -0.1) is 0 Å². The fourth-order valence-electron chi connectivity index (χ4n) is 4.48. The van der Waals surface area contributed by atoms with Crippen LogP contribution in [0.25, 0.3) is 0 Å². The number of carbonyl (C=O) groups is 1. The maximum absolute atomic E-state index is 12.2. The normalized spacial score (nSPS) is 20.6. The molecular weight excluding hydrogens is 324 g/mol. The number of methoxy groups -OCH3 is 1. The standard InChI is InChI=1S/C22H34N2O2/c1-17(2)21(25)24-13-9-22(10-14-24)7-11-23(12-8-22)16-19-6-5-18(3)15-20(19)26-4/h5-6,15,17H,7-14,16H2,1-4H3. The molecule has 0 radical (unpaired) electrons. The molecule has 0 aromatic heterocycles. The number of hydrogen-bond donors (Lipinski definition) is 0. The van der Waals surface area contributed by atoms with Crippen LogP contribution >= 0.6 is 0 Å². The predicted octanol–water partition coefficient (Wildman–Crippen LogP) is 3.86. The Labute approximate surface area is 158 Å². The summed E-state index contributed by atoms with van der Waals surface area (Å²) in [5, 5.41) is 0. The van der Waals surface area contributed by atoms with Gasteiger partial charge in [0.25, 0.3) is 0 Å². The van der Waals surface area contributed by atoms with Crippen molar-refractivity contribution in [1.29, 1.82) is 0 Å². The average Bonchev–Trinajstić information content (AvgIpc) is 2.65. The monoisotopic (exact) mass is 358 g/mol. The van der Waals surface area contributed by atoms with E-state index in [1.165, 1.54) is 36.8 Å². The number of piperidine rings is 2. The van der Waals surface area contributed by atoms with Gasteiger partial charge in [-0.05, 0) is 62.7 Å². The van der Waals surface area contributed by atoms with Crippen LogP contribution in [0.15, 0.2) is 18.2 Å². The highest BCUT2D eigenvalue weighted by molar-refractivity contribution is 5.78. The molecule has 4 nitrogen and oxygen atoms in total. The first kappa shape index (κ1) is 19.2. The highest BCUT2D eigenvalue weighted by atomic mass is 16.5. The van der Waals surface area contributed by atoms with E-state index in [4.69, 9.17) is 4.74 Å². The first-order valence-electron chi connectivity index (χ1n) is 10.1. The number of aryl methyl sites for hydroxylation is 1. The minimum atomic E-state index is 0.121. The number of carbonyl (C=O) groups excluding carboxylic acids is 1. The molecule has 2 saturated heterocycles. The second-order valence-electron chi connectivity index (χ2n) is 8.57. The lowest BCUT2D eigenvalue weighted by molar-refractivity contribution is -0.137. The topological polar surface area (TPSA) is 32.8 Å². The summed E-state index contributed by atoms with van der Waals surface area (Å²) in [5.41, 5.74) is 2.99. The van der Waals surface area contributed by atoms with Gasteiger partial charge in [-0.2, -0.15) is 0 Å². The van der Waals surface area contributed by atoms with Crippen LogP contribution in [0.5, 0.6) is 5.75 Å². The van der Waals surface area contributed by atoms with E-state index in [0.717, 1.165) is 38.5 Å². The number of rotatable bonds is 4. The fraction of sp³-hybridized carbons (Fsp3) is 0.682. The molecule has 0 saturated carbocycles. The second-order valence-corrected chi connectivity index (χ2v) is 8.57. The zero-order valence-electron chi connectivity index (χ0n) is 16.9. The summed E-state index contributed by atoms with van der Waals surface area (Å²) in [6, 6.07) is 6.50. The smallest absolute Gasteiger partial charge is 0.225 e. The van der Waals surface area contributed by atoms with E-state index in [-0.39, 0.29) is 5.92 Å². The van der Waals surface area contributed by atoms with E-state index in [2.05, 4.69) is 34.9 Å². The third-order valence-corrected chi connectivity index (χ3v) is 6.38. The second kappa shape index (κ2) is 7.99. The number of benzene rings is 1. The van der Waals surface area contributed by atoms with Crippen LogP contribution in [-0.2, 0) is 11.3 Å². The molecule has 3 rings (SSSR count). The Kier molecular flexibility index (Phi) is 5.91. The molecular formula is C22H34N2O2. The van der Waals surface area contributed by atoms with E-state index in [1.54, 1.807) is 7.11 Å². The molecule has 0 atom stereocenters. The largest absolute Gasteiger partial charge is 0.496 e. The van der Waals surface area contributed by atoms with Crippen LogP contribution in [0, 0.1) is 18.3 Å². The number of likely N-dealkylation sites (tertiary alicyclic amines) is 2. The highest BCUT2D eigenvalue weighted by Gasteiger charge is 2.38. The molecule has 0 N–H and O–H groups in total. The summed E-state index contributed by atoms with van der Waals surface area (Å²) >= 11 is 0. The van der Waals surface area contributed by atoms with E-state index in [1.807, 2.05) is 13.8 Å². The first-order valence-corrected chi connectivity index (χ1v) is 10.1. The summed E-state index contributed by atoms with van der Waals surface area (Å²) < 4.78 is 5.57. The lowest BCUT2D eigenvalue weighted by atomic mass is 9.71. The molecule has 4 heteroatoms. The Bertz CT molecular complexity index is 623. The molecule has 1 aromatic carbocycles. The van der Waals surface area contributed by atoms with Crippen molar-refractivity contribution in [2.45, 2.75) is 53.0 Å². The van der Waals surface area contributed by atoms with Crippen LogP contribution in [0.3, 0.4) is 0 Å². The molecule has 1 amide bonds. The van der Waals surface area contributed by atoms with E-state index in [9.17, 15) is 4.79 Å². The molecule has 2 aliphatic rings. The van der Waals surface area contributed by atoms with E-state index in [0.29, 0.717) is 11.3 Å². The summed E-state index contributed by atoms with van der Waals surface area (Å²) in [5.74, 6) is 1.45. The van der Waals surface area contributed by atoms with Gasteiger partial charge < -0.3 is 9.64 Å². The van der Waals surface area contributed by atoms with Crippen LogP contribution in [-0.4, -0.2) is 49.0 Å². The van der Waals surface area contributed by atoms with E-state index >= 15 is 0 Å². The average molecular weight is 359 g/mol.